The summed E-state index contributed by atoms with van der Waals surface area (Å²) in [6.45, 7) is 0.772. The Hall–Kier alpha value is -4.31. The van der Waals surface area contributed by atoms with Gasteiger partial charge in [0.25, 0.3) is 11.8 Å². The van der Waals surface area contributed by atoms with E-state index < -0.39 is 64.3 Å². The molecule has 0 spiro atoms. The van der Waals surface area contributed by atoms with E-state index in [-0.39, 0.29) is 28.9 Å². The Morgan fingerprint density at radius 1 is 1.11 bits per heavy atom. The Labute approximate surface area is 215 Å². The summed E-state index contributed by atoms with van der Waals surface area (Å²) >= 11 is 0. The van der Waals surface area contributed by atoms with Crippen LogP contribution in [0.5, 0.6) is 5.75 Å². The molecule has 2 aromatic rings. The molecular weight excluding hydrogens is 500 g/mol. The number of aliphatic hydroxyl groups is 3. The van der Waals surface area contributed by atoms with Crippen LogP contribution in [0.2, 0.25) is 0 Å². The van der Waals surface area contributed by atoms with Crippen molar-refractivity contribution in [2.24, 2.45) is 17.6 Å². The second-order valence-corrected chi connectivity index (χ2v) is 9.87. The lowest BCUT2D eigenvalue weighted by molar-refractivity contribution is -0.146. The van der Waals surface area contributed by atoms with Crippen LogP contribution < -0.4 is 5.73 Å². The molecule has 1 saturated carbocycles. The van der Waals surface area contributed by atoms with Crippen molar-refractivity contribution >= 4 is 34.9 Å². The first-order chi connectivity index (χ1) is 17.8. The molecule has 0 saturated heterocycles. The number of ketones is 2. The van der Waals surface area contributed by atoms with Gasteiger partial charge in [-0.15, -0.1) is 0 Å². The Balaban J connectivity index is 1.72. The summed E-state index contributed by atoms with van der Waals surface area (Å²) in [5.41, 5.74) is 2.28. The fourth-order valence-corrected chi connectivity index (χ4v) is 5.69. The number of allylic oxidation sites excluding steroid dienone is 1. The maximum atomic E-state index is 13.8. The SMILES string of the molecule is CC(F)(F)c1ccc(/C=C2\c3cccc(O)c3C(O)=C3C(=O)[C@@]4(O)C(O)=C(C(N)=O)C(=O)C[C@@H]4CC32)cc1. The smallest absolute Gasteiger partial charge is 0.270 e. The second kappa shape index (κ2) is 8.35. The molecule has 8 nitrogen and oxygen atoms in total. The molecular formula is C28H23F2NO7. The topological polar surface area (TPSA) is 158 Å². The molecule has 3 aliphatic rings. The number of nitrogens with two attached hydrogens (primary N) is 1. The lowest BCUT2D eigenvalue weighted by Gasteiger charge is -2.46. The van der Waals surface area contributed by atoms with Gasteiger partial charge >= 0.3 is 0 Å². The number of Topliss-reactive ketones (excluding diaryl/α,β-unsaturated/α-hetero) is 2. The van der Waals surface area contributed by atoms with E-state index in [0.29, 0.717) is 16.7 Å². The summed E-state index contributed by atoms with van der Waals surface area (Å²) in [5, 5.41) is 43.8. The normalized spacial score (nSPS) is 26.3. The van der Waals surface area contributed by atoms with Crippen molar-refractivity contribution in [3.8, 4) is 5.75 Å². The highest BCUT2D eigenvalue weighted by molar-refractivity contribution is 6.23. The highest BCUT2D eigenvalue weighted by Gasteiger charge is 2.61. The molecule has 1 amide bonds. The molecule has 0 bridgehead atoms. The maximum Gasteiger partial charge on any atom is 0.270 e. The molecule has 1 unspecified atom stereocenters. The van der Waals surface area contributed by atoms with Crippen molar-refractivity contribution in [2.45, 2.75) is 31.3 Å². The van der Waals surface area contributed by atoms with E-state index >= 15 is 0 Å². The third kappa shape index (κ3) is 3.55. The number of hydrogen-bond acceptors (Lipinski definition) is 7. The predicted molar refractivity (Wildman–Crippen MR) is 132 cm³/mol. The minimum absolute atomic E-state index is 0.0948. The number of benzene rings is 2. The van der Waals surface area contributed by atoms with Gasteiger partial charge in [0.15, 0.2) is 11.4 Å². The van der Waals surface area contributed by atoms with Crippen molar-refractivity contribution in [1.82, 2.24) is 0 Å². The molecule has 5 rings (SSSR count). The molecule has 6 N–H and O–H groups in total. The Bertz CT molecular complexity index is 1510. The highest BCUT2D eigenvalue weighted by Crippen LogP contribution is 2.55. The number of fused-ring (bicyclic) bond motifs is 3. The fourth-order valence-electron chi connectivity index (χ4n) is 5.69. The van der Waals surface area contributed by atoms with Crippen LogP contribution in [0.3, 0.4) is 0 Å². The number of hydrogen-bond donors (Lipinski definition) is 5. The average Bonchev–Trinajstić information content (AvgIpc) is 2.83. The van der Waals surface area contributed by atoms with Crippen molar-refractivity contribution in [2.75, 3.05) is 0 Å². The Kier molecular flexibility index (Phi) is 5.57. The van der Waals surface area contributed by atoms with E-state index in [9.17, 15) is 43.6 Å². The molecule has 38 heavy (non-hydrogen) atoms. The zero-order valence-electron chi connectivity index (χ0n) is 20.0. The first-order valence-electron chi connectivity index (χ1n) is 11.8. The van der Waals surface area contributed by atoms with Crippen LogP contribution >= 0.6 is 0 Å². The standard InChI is InChI=1S/C28H23F2NO7/c1-27(29,30)13-7-5-12(6-8-13)9-16-15-3-2-4-18(32)20(15)23(34)21-17(16)10-14-11-19(33)22(26(31)37)25(36)28(14,38)24(21)35/h2-9,14,17,32,34,36,38H,10-11H2,1H3,(H2,31,37)/b16-9+/t14-,17?,28+/m0/s1. The van der Waals surface area contributed by atoms with Gasteiger partial charge in [0.2, 0.25) is 5.78 Å². The van der Waals surface area contributed by atoms with Gasteiger partial charge in [-0.3, -0.25) is 14.4 Å². The third-order valence-electron chi connectivity index (χ3n) is 7.57. The summed E-state index contributed by atoms with van der Waals surface area (Å²) < 4.78 is 27.4. The van der Waals surface area contributed by atoms with Crippen molar-refractivity contribution in [1.29, 1.82) is 0 Å². The number of amides is 1. The summed E-state index contributed by atoms with van der Waals surface area (Å²) in [5.74, 6) is -10.5. The number of aliphatic hydroxyl groups excluding tert-OH is 2. The number of rotatable bonds is 3. The van der Waals surface area contributed by atoms with Crippen LogP contribution in [-0.4, -0.2) is 43.5 Å². The zero-order chi connectivity index (χ0) is 27.7. The first-order valence-corrected chi connectivity index (χ1v) is 11.8. The number of aromatic hydroxyl groups is 1. The van der Waals surface area contributed by atoms with Crippen LogP contribution in [0.1, 0.15) is 42.0 Å². The van der Waals surface area contributed by atoms with Gasteiger partial charge in [-0.2, -0.15) is 0 Å². The van der Waals surface area contributed by atoms with Crippen molar-refractivity contribution in [3.05, 3.63) is 81.6 Å². The predicted octanol–water partition coefficient (Wildman–Crippen LogP) is 3.53. The minimum Gasteiger partial charge on any atom is -0.508 e. The van der Waals surface area contributed by atoms with E-state index in [1.807, 2.05) is 0 Å². The summed E-state index contributed by atoms with van der Waals surface area (Å²) in [4.78, 5) is 38.2. The minimum atomic E-state index is -3.05. The van der Waals surface area contributed by atoms with Gasteiger partial charge < -0.3 is 26.2 Å². The molecule has 10 heteroatoms. The fraction of sp³-hybridized carbons (Fsp3) is 0.250. The van der Waals surface area contributed by atoms with Crippen LogP contribution in [0.25, 0.3) is 17.4 Å². The zero-order valence-corrected chi connectivity index (χ0v) is 20.0. The van der Waals surface area contributed by atoms with Gasteiger partial charge in [-0.25, -0.2) is 8.78 Å². The quantitative estimate of drug-likeness (QED) is 0.385. The molecule has 0 aliphatic heterocycles. The molecule has 0 aromatic heterocycles. The number of phenols is 1. The lowest BCUT2D eigenvalue weighted by atomic mass is 9.58. The van der Waals surface area contributed by atoms with Crippen molar-refractivity contribution in [3.63, 3.8) is 0 Å². The maximum absolute atomic E-state index is 13.8. The molecule has 1 fully saturated rings. The molecule has 196 valence electrons. The lowest BCUT2D eigenvalue weighted by Crippen LogP contribution is -2.58. The number of primary amides is 1. The van der Waals surface area contributed by atoms with Crippen LogP contribution in [0, 0.1) is 11.8 Å². The third-order valence-corrected chi connectivity index (χ3v) is 7.57. The van der Waals surface area contributed by atoms with E-state index in [2.05, 4.69) is 0 Å². The molecule has 2 aromatic carbocycles. The number of carbonyl (C=O) groups excluding carboxylic acids is 3. The summed E-state index contributed by atoms with van der Waals surface area (Å²) in [6, 6.07) is 9.84. The molecule has 3 atom stereocenters. The van der Waals surface area contributed by atoms with Crippen LogP contribution in [0.15, 0.2) is 59.4 Å². The Morgan fingerprint density at radius 2 is 1.76 bits per heavy atom. The van der Waals surface area contributed by atoms with Crippen molar-refractivity contribution < 1.29 is 43.6 Å². The Morgan fingerprint density at radius 3 is 2.37 bits per heavy atom. The molecule has 0 radical (unpaired) electrons. The van der Waals surface area contributed by atoms with Crippen LogP contribution in [0.4, 0.5) is 8.78 Å². The van der Waals surface area contributed by atoms with E-state index in [0.717, 1.165) is 6.92 Å². The van der Waals surface area contributed by atoms with Gasteiger partial charge in [0.05, 0.1) is 5.56 Å². The van der Waals surface area contributed by atoms with Gasteiger partial charge in [-0.05, 0) is 29.2 Å². The average molecular weight is 523 g/mol. The number of carbonyl (C=O) groups is 3. The largest absolute Gasteiger partial charge is 0.508 e. The van der Waals surface area contributed by atoms with Gasteiger partial charge in [0, 0.05) is 36.3 Å². The monoisotopic (exact) mass is 523 g/mol. The van der Waals surface area contributed by atoms with Gasteiger partial charge in [0.1, 0.15) is 22.8 Å². The highest BCUT2D eigenvalue weighted by atomic mass is 19.3. The summed E-state index contributed by atoms with van der Waals surface area (Å²) in [6.07, 6.45) is 1.05. The van der Waals surface area contributed by atoms with E-state index in [1.54, 1.807) is 12.1 Å². The molecule has 3 aliphatic carbocycles. The number of halogens is 2. The van der Waals surface area contributed by atoms with Crippen LogP contribution in [-0.2, 0) is 20.3 Å². The first kappa shape index (κ1) is 25.3. The molecule has 0 heterocycles. The van der Waals surface area contributed by atoms with E-state index in [4.69, 9.17) is 5.73 Å². The summed E-state index contributed by atoms with van der Waals surface area (Å²) in [7, 11) is 0. The number of alkyl halides is 2. The van der Waals surface area contributed by atoms with E-state index in [1.165, 1.54) is 36.4 Å². The second-order valence-electron chi connectivity index (χ2n) is 9.87. The number of phenolic OH excluding ortho intramolecular Hbond substituents is 1. The van der Waals surface area contributed by atoms with Gasteiger partial charge in [-0.1, -0.05) is 42.5 Å².